The maximum absolute atomic E-state index is 6.79. The van der Waals surface area contributed by atoms with Crippen LogP contribution in [-0.4, -0.2) is 9.97 Å². The first-order valence-electron chi connectivity index (χ1n) is 22.1. The van der Waals surface area contributed by atoms with Gasteiger partial charge in [-0.1, -0.05) is 200 Å². The van der Waals surface area contributed by atoms with E-state index in [4.69, 9.17) is 14.4 Å². The van der Waals surface area contributed by atoms with E-state index in [-0.39, 0.29) is 0 Å². The molecule has 0 bridgehead atoms. The van der Waals surface area contributed by atoms with Crippen LogP contribution in [0.25, 0.3) is 132 Å². The van der Waals surface area contributed by atoms with Crippen molar-refractivity contribution in [3.63, 3.8) is 0 Å². The van der Waals surface area contributed by atoms with Crippen molar-refractivity contribution in [1.82, 2.24) is 9.97 Å². The number of nitrogens with zero attached hydrogens (tertiary/aromatic N) is 2. The zero-order chi connectivity index (χ0) is 42.8. The van der Waals surface area contributed by atoms with Crippen LogP contribution in [-0.2, 0) is 0 Å². The van der Waals surface area contributed by atoms with Crippen molar-refractivity contribution in [3.8, 4) is 67.3 Å². The Kier molecular flexibility index (Phi) is 8.53. The maximum atomic E-state index is 6.79. The molecule has 0 aliphatic rings. The van der Waals surface area contributed by atoms with Crippen molar-refractivity contribution < 1.29 is 4.42 Å². The number of benzene rings is 11. The van der Waals surface area contributed by atoms with Gasteiger partial charge < -0.3 is 4.42 Å². The Morgan fingerprint density at radius 1 is 0.246 bits per heavy atom. The van der Waals surface area contributed by atoms with E-state index in [1.807, 2.05) is 36.4 Å². The molecule has 0 aliphatic heterocycles. The zero-order valence-electron chi connectivity index (χ0n) is 35.2. The molecular weight excluding hydrogens is 789 g/mol. The number of fused-ring (bicyclic) bond motifs is 11. The number of aromatic nitrogens is 2. The van der Waals surface area contributed by atoms with Gasteiger partial charge in [-0.2, -0.15) is 0 Å². The van der Waals surface area contributed by atoms with Gasteiger partial charge in [0.05, 0.1) is 11.4 Å². The molecule has 3 heteroatoms. The van der Waals surface area contributed by atoms with Crippen LogP contribution >= 0.6 is 0 Å². The summed E-state index contributed by atoms with van der Waals surface area (Å²) >= 11 is 0. The zero-order valence-corrected chi connectivity index (χ0v) is 35.2. The van der Waals surface area contributed by atoms with Gasteiger partial charge in [0, 0.05) is 32.8 Å². The fourth-order valence-corrected chi connectivity index (χ4v) is 9.85. The molecule has 0 fully saturated rings. The molecule has 2 heterocycles. The van der Waals surface area contributed by atoms with Crippen LogP contribution in [0.1, 0.15) is 0 Å². The Labute approximate surface area is 375 Å². The molecule has 0 unspecified atom stereocenters. The van der Waals surface area contributed by atoms with Gasteiger partial charge in [-0.05, 0) is 101 Å². The van der Waals surface area contributed by atoms with Crippen molar-refractivity contribution >= 4 is 65.0 Å². The van der Waals surface area contributed by atoms with E-state index in [0.29, 0.717) is 5.82 Å². The van der Waals surface area contributed by atoms with E-state index in [1.54, 1.807) is 0 Å². The minimum absolute atomic E-state index is 0.712. The van der Waals surface area contributed by atoms with Crippen LogP contribution < -0.4 is 0 Å². The van der Waals surface area contributed by atoms with Gasteiger partial charge in [0.15, 0.2) is 5.82 Å². The third-order valence-corrected chi connectivity index (χ3v) is 13.1. The van der Waals surface area contributed by atoms with Crippen LogP contribution in [0.4, 0.5) is 0 Å². The largest absolute Gasteiger partial charge is 0.455 e. The highest BCUT2D eigenvalue weighted by Gasteiger charge is 2.18. The van der Waals surface area contributed by atoms with Crippen LogP contribution in [0.15, 0.2) is 235 Å². The van der Waals surface area contributed by atoms with E-state index in [2.05, 4.69) is 194 Å². The third kappa shape index (κ3) is 6.28. The topological polar surface area (TPSA) is 38.9 Å². The summed E-state index contributed by atoms with van der Waals surface area (Å²) in [6.07, 6.45) is 0. The molecule has 13 rings (SSSR count). The maximum Gasteiger partial charge on any atom is 0.160 e. The average molecular weight is 827 g/mol. The van der Waals surface area contributed by atoms with Crippen LogP contribution in [0, 0.1) is 0 Å². The van der Waals surface area contributed by atoms with Crippen molar-refractivity contribution in [2.24, 2.45) is 0 Å². The molecule has 3 nitrogen and oxygen atoms in total. The fourth-order valence-electron chi connectivity index (χ4n) is 9.85. The monoisotopic (exact) mass is 826 g/mol. The van der Waals surface area contributed by atoms with Gasteiger partial charge in [-0.25, -0.2) is 9.97 Å². The Bertz CT molecular complexity index is 3870. The summed E-state index contributed by atoms with van der Waals surface area (Å²) in [5, 5.41) is 12.2. The highest BCUT2D eigenvalue weighted by atomic mass is 16.3. The van der Waals surface area contributed by atoms with E-state index < -0.39 is 0 Å². The molecule has 0 aliphatic carbocycles. The summed E-state index contributed by atoms with van der Waals surface area (Å²) in [4.78, 5) is 9.98. The number of hydrogen-bond donors (Lipinski definition) is 0. The molecule has 0 atom stereocenters. The van der Waals surface area contributed by atoms with Gasteiger partial charge in [-0.15, -0.1) is 0 Å². The van der Waals surface area contributed by atoms with Crippen molar-refractivity contribution in [2.45, 2.75) is 0 Å². The lowest BCUT2D eigenvalue weighted by molar-refractivity contribution is 0.673. The molecule has 65 heavy (non-hydrogen) atoms. The predicted molar refractivity (Wildman–Crippen MR) is 272 cm³/mol. The van der Waals surface area contributed by atoms with E-state index in [0.717, 1.165) is 77.7 Å². The highest BCUT2D eigenvalue weighted by molar-refractivity contribution is 6.26. The molecule has 0 spiro atoms. The van der Waals surface area contributed by atoms with Crippen LogP contribution in [0.5, 0.6) is 0 Å². The van der Waals surface area contributed by atoms with Gasteiger partial charge in [0.1, 0.15) is 11.2 Å². The molecule has 11 aromatic carbocycles. The molecular formula is C62H38N2O. The number of rotatable bonds is 6. The van der Waals surface area contributed by atoms with Crippen LogP contribution in [0.2, 0.25) is 0 Å². The van der Waals surface area contributed by atoms with Crippen molar-refractivity contribution in [1.29, 1.82) is 0 Å². The first-order valence-corrected chi connectivity index (χ1v) is 22.1. The van der Waals surface area contributed by atoms with Gasteiger partial charge in [0.2, 0.25) is 0 Å². The van der Waals surface area contributed by atoms with E-state index in [9.17, 15) is 0 Å². The lowest BCUT2D eigenvalue weighted by atomic mass is 9.90. The second-order valence-electron chi connectivity index (χ2n) is 16.9. The summed E-state index contributed by atoms with van der Waals surface area (Å²) < 4.78 is 6.79. The molecule has 0 saturated carbocycles. The van der Waals surface area contributed by atoms with Gasteiger partial charge in [0.25, 0.3) is 0 Å². The lowest BCUT2D eigenvalue weighted by Gasteiger charge is -2.13. The number of hydrogen-bond acceptors (Lipinski definition) is 3. The van der Waals surface area contributed by atoms with Crippen molar-refractivity contribution in [2.75, 3.05) is 0 Å². The average Bonchev–Trinajstić information content (AvgIpc) is 3.77. The first-order chi connectivity index (χ1) is 32.2. The van der Waals surface area contributed by atoms with E-state index >= 15 is 0 Å². The predicted octanol–water partition coefficient (Wildman–Crippen LogP) is 17.0. The molecule has 13 aromatic rings. The summed E-state index contributed by atoms with van der Waals surface area (Å²) in [5.41, 5.74) is 13.6. The summed E-state index contributed by atoms with van der Waals surface area (Å²) in [5.74, 6) is 0.712. The Hall–Kier alpha value is -8.66. The number of furan rings is 1. The molecule has 0 N–H and O–H groups in total. The van der Waals surface area contributed by atoms with Gasteiger partial charge >= 0.3 is 0 Å². The standard InChI is InChI=1S/C62H38N2O/c1-3-13-42(14-4-1)58-38-59(64-62(63-58)44-15-5-2-6-16-44)43-29-27-40(28-30-43)39-23-25-41(26-24-39)45-31-34-53-57-37-55(51-21-11-12-22-54(51)61(57)65-60(53)36-45)46-32-33-52-49-19-8-7-17-47(49)48-18-9-10-20-50(48)56(52)35-46/h1-38H. The summed E-state index contributed by atoms with van der Waals surface area (Å²) in [6, 6.07) is 82.2. The minimum atomic E-state index is 0.712. The summed E-state index contributed by atoms with van der Waals surface area (Å²) in [6.45, 7) is 0. The molecule has 0 radical (unpaired) electrons. The van der Waals surface area contributed by atoms with Gasteiger partial charge in [-0.3, -0.25) is 0 Å². The smallest absolute Gasteiger partial charge is 0.160 e. The molecule has 302 valence electrons. The molecule has 0 saturated heterocycles. The van der Waals surface area contributed by atoms with Crippen LogP contribution in [0.3, 0.4) is 0 Å². The SMILES string of the molecule is c1ccc(-c2cc(-c3ccc(-c4ccc(-c5ccc6c(c5)oc5c7ccccc7c(-c7ccc8c9ccccc9c9ccccc9c8c7)cc65)cc4)cc3)nc(-c3ccccc3)n2)cc1. The third-order valence-electron chi connectivity index (χ3n) is 13.1. The fraction of sp³-hybridized carbons (Fsp3) is 0. The molecule has 2 aromatic heterocycles. The molecule has 0 amide bonds. The van der Waals surface area contributed by atoms with E-state index in [1.165, 1.54) is 48.8 Å². The highest BCUT2D eigenvalue weighted by Crippen LogP contribution is 2.43. The quantitative estimate of drug-likeness (QED) is 0.157. The second-order valence-corrected chi connectivity index (χ2v) is 16.9. The van der Waals surface area contributed by atoms with Crippen molar-refractivity contribution in [3.05, 3.63) is 231 Å². The lowest BCUT2D eigenvalue weighted by Crippen LogP contribution is -1.95. The minimum Gasteiger partial charge on any atom is -0.455 e. The Balaban J connectivity index is 0.837. The normalized spacial score (nSPS) is 11.7. The Morgan fingerprint density at radius 3 is 1.29 bits per heavy atom. The Morgan fingerprint density at radius 2 is 0.677 bits per heavy atom. The second kappa shape index (κ2) is 15.0. The first kappa shape index (κ1) is 36.9. The summed E-state index contributed by atoms with van der Waals surface area (Å²) in [7, 11) is 0.